The highest BCUT2D eigenvalue weighted by molar-refractivity contribution is 6.32. The monoisotopic (exact) mass is 459 g/mol. The summed E-state index contributed by atoms with van der Waals surface area (Å²) in [6, 6.07) is 2.09. The van der Waals surface area contributed by atoms with Gasteiger partial charge in [-0.15, -0.1) is 0 Å². The van der Waals surface area contributed by atoms with E-state index in [1.165, 1.54) is 19.4 Å². The molecule has 2 aromatic rings. The number of carbonyl (C=O) groups excluding carboxylic acids is 1. The van der Waals surface area contributed by atoms with Crippen molar-refractivity contribution < 1.29 is 22.4 Å². The zero-order valence-electron chi connectivity index (χ0n) is 16.1. The van der Waals surface area contributed by atoms with Gasteiger partial charge in [0.1, 0.15) is 10.8 Å². The van der Waals surface area contributed by atoms with Crippen molar-refractivity contribution in [1.82, 2.24) is 20.6 Å². The molecule has 0 saturated carbocycles. The van der Waals surface area contributed by atoms with Gasteiger partial charge in [0.2, 0.25) is 11.9 Å². The number of amides is 1. The molecule has 0 aliphatic heterocycles. The van der Waals surface area contributed by atoms with Crippen LogP contribution in [-0.4, -0.2) is 35.7 Å². The van der Waals surface area contributed by atoms with Crippen molar-refractivity contribution in [3.8, 4) is 0 Å². The minimum Gasteiger partial charge on any atom is -0.380 e. The molecule has 0 atom stereocenters. The summed E-state index contributed by atoms with van der Waals surface area (Å²) in [6.07, 6.45) is -1.08. The topological polar surface area (TPSA) is 115 Å². The van der Waals surface area contributed by atoms with E-state index in [1.54, 1.807) is 0 Å². The Balaban J connectivity index is 2.12. The number of halogens is 5. The highest BCUT2D eigenvalue weighted by Gasteiger charge is 2.31. The van der Waals surface area contributed by atoms with E-state index >= 15 is 0 Å². The summed E-state index contributed by atoms with van der Waals surface area (Å²) in [5.74, 6) is -1.04. The van der Waals surface area contributed by atoms with Crippen LogP contribution in [0.1, 0.15) is 11.1 Å². The van der Waals surface area contributed by atoms with Gasteiger partial charge in [-0.2, -0.15) is 18.2 Å². The average Bonchev–Trinajstić information content (AvgIpc) is 2.73. The molecule has 0 fully saturated rings. The molecule has 0 spiro atoms. The standard InChI is InChI=1S/C18H18ClF4N7O/c1-25-15(31)9-26-7-12(5-24)29-17-28-8-13(19)16(30-17)27-6-10-4-11(18(21,22)23)2-3-14(10)20/h2-5,7-8,24,26H,6,9H2,1H3,(H,25,31)(H2,27,28,29,30)/b12-7+,24-5?. The first kappa shape index (κ1) is 23.9. The Morgan fingerprint density at radius 2 is 2.06 bits per heavy atom. The Morgan fingerprint density at radius 1 is 1.32 bits per heavy atom. The number of benzene rings is 1. The van der Waals surface area contributed by atoms with Crippen LogP contribution in [0.5, 0.6) is 0 Å². The Bertz CT molecular complexity index is 982. The van der Waals surface area contributed by atoms with Crippen LogP contribution < -0.4 is 21.3 Å². The van der Waals surface area contributed by atoms with Crippen LogP contribution in [0.3, 0.4) is 0 Å². The molecule has 0 unspecified atom stereocenters. The van der Waals surface area contributed by atoms with Crippen molar-refractivity contribution >= 4 is 35.5 Å². The predicted molar refractivity (Wildman–Crippen MR) is 108 cm³/mol. The summed E-state index contributed by atoms with van der Waals surface area (Å²) >= 11 is 6.01. The normalized spacial score (nSPS) is 11.6. The summed E-state index contributed by atoms with van der Waals surface area (Å²) < 4.78 is 52.4. The first-order valence-electron chi connectivity index (χ1n) is 8.67. The number of aromatic nitrogens is 2. The second-order valence-electron chi connectivity index (χ2n) is 5.97. The van der Waals surface area contributed by atoms with Crippen LogP contribution in [0.15, 0.2) is 36.3 Å². The van der Waals surface area contributed by atoms with Gasteiger partial charge in [0, 0.05) is 31.6 Å². The first-order valence-corrected chi connectivity index (χ1v) is 9.05. The summed E-state index contributed by atoms with van der Waals surface area (Å²) in [4.78, 5) is 19.2. The number of likely N-dealkylation sites (N-methyl/N-ethyl adjacent to an activating group) is 1. The molecule has 8 nitrogen and oxygen atoms in total. The molecule has 1 amide bonds. The average molecular weight is 460 g/mol. The van der Waals surface area contributed by atoms with Gasteiger partial charge in [-0.1, -0.05) is 11.6 Å². The van der Waals surface area contributed by atoms with E-state index in [2.05, 4.69) is 31.2 Å². The summed E-state index contributed by atoms with van der Waals surface area (Å²) in [6.45, 7) is -0.334. The maximum absolute atomic E-state index is 13.9. The quantitative estimate of drug-likeness (QED) is 0.291. The van der Waals surface area contributed by atoms with E-state index in [0.717, 1.165) is 12.3 Å². The molecule has 5 N–H and O–H groups in total. The fourth-order valence-corrected chi connectivity index (χ4v) is 2.36. The van der Waals surface area contributed by atoms with Crippen molar-refractivity contribution in [2.24, 2.45) is 0 Å². The molecule has 13 heteroatoms. The SMILES string of the molecule is CNC(=O)CN/C=C(\C=N)Nc1ncc(Cl)c(NCc2cc(C(F)(F)F)ccc2F)n1. The van der Waals surface area contributed by atoms with E-state index < -0.39 is 17.6 Å². The number of rotatable bonds is 9. The van der Waals surface area contributed by atoms with E-state index in [1.807, 2.05) is 0 Å². The Hall–Kier alpha value is -3.41. The molecule has 0 aliphatic rings. The minimum atomic E-state index is -4.60. The third-order valence-corrected chi connectivity index (χ3v) is 4.05. The van der Waals surface area contributed by atoms with Gasteiger partial charge in [-0.05, 0) is 18.2 Å². The van der Waals surface area contributed by atoms with E-state index in [9.17, 15) is 22.4 Å². The first-order chi connectivity index (χ1) is 14.6. The van der Waals surface area contributed by atoms with Crippen molar-refractivity contribution in [3.63, 3.8) is 0 Å². The summed E-state index contributed by atoms with van der Waals surface area (Å²) in [7, 11) is 1.48. The van der Waals surface area contributed by atoms with Crippen LogP contribution in [0.25, 0.3) is 0 Å². The fourth-order valence-electron chi connectivity index (χ4n) is 2.20. The third kappa shape index (κ3) is 7.10. The number of nitrogens with zero attached hydrogens (tertiary/aromatic N) is 2. The Labute approximate surface area is 179 Å². The van der Waals surface area contributed by atoms with Gasteiger partial charge < -0.3 is 26.7 Å². The lowest BCUT2D eigenvalue weighted by molar-refractivity contribution is -0.137. The fraction of sp³-hybridized carbons (Fsp3) is 0.222. The number of alkyl halides is 3. The maximum atomic E-state index is 13.9. The minimum absolute atomic E-state index is 0.00732. The Kier molecular flexibility index (Phi) is 8.14. The van der Waals surface area contributed by atoms with Crippen LogP contribution >= 0.6 is 11.6 Å². The van der Waals surface area contributed by atoms with E-state index in [0.29, 0.717) is 12.1 Å². The van der Waals surface area contributed by atoms with Crippen LogP contribution in [0, 0.1) is 11.2 Å². The smallest absolute Gasteiger partial charge is 0.380 e. The largest absolute Gasteiger partial charge is 0.416 e. The van der Waals surface area contributed by atoms with Crippen molar-refractivity contribution in [2.75, 3.05) is 24.2 Å². The predicted octanol–water partition coefficient (Wildman–Crippen LogP) is 3.14. The van der Waals surface area contributed by atoms with Crippen molar-refractivity contribution in [1.29, 1.82) is 5.41 Å². The molecule has 0 aliphatic carbocycles. The molecule has 1 aromatic carbocycles. The Morgan fingerprint density at radius 3 is 2.71 bits per heavy atom. The molecule has 31 heavy (non-hydrogen) atoms. The highest BCUT2D eigenvalue weighted by atomic mass is 35.5. The maximum Gasteiger partial charge on any atom is 0.416 e. The molecule has 0 bridgehead atoms. The molecule has 1 aromatic heterocycles. The second kappa shape index (κ2) is 10.6. The molecular weight excluding hydrogens is 442 g/mol. The van der Waals surface area contributed by atoms with Gasteiger partial charge in [-0.3, -0.25) is 4.79 Å². The molecule has 166 valence electrons. The van der Waals surface area contributed by atoms with Gasteiger partial charge in [-0.25, -0.2) is 9.37 Å². The lowest BCUT2D eigenvalue weighted by Gasteiger charge is -2.13. The molecule has 1 heterocycles. The van der Waals surface area contributed by atoms with Gasteiger partial charge in [0.05, 0.1) is 24.0 Å². The number of nitrogens with one attached hydrogen (secondary N) is 5. The van der Waals surface area contributed by atoms with Crippen LogP contribution in [0.2, 0.25) is 5.02 Å². The highest BCUT2D eigenvalue weighted by Crippen LogP contribution is 2.30. The van der Waals surface area contributed by atoms with Crippen molar-refractivity contribution in [2.45, 2.75) is 12.7 Å². The van der Waals surface area contributed by atoms with Gasteiger partial charge >= 0.3 is 6.18 Å². The second-order valence-corrected chi connectivity index (χ2v) is 6.38. The lowest BCUT2D eigenvalue weighted by atomic mass is 10.1. The molecule has 2 rings (SSSR count). The van der Waals surface area contributed by atoms with Gasteiger partial charge in [0.15, 0.2) is 5.82 Å². The molecular formula is C18H18ClF4N7O. The van der Waals surface area contributed by atoms with E-state index in [4.69, 9.17) is 17.0 Å². The number of anilines is 2. The summed E-state index contributed by atoms with van der Waals surface area (Å²) in [5, 5.41) is 17.9. The van der Waals surface area contributed by atoms with Crippen molar-refractivity contribution in [3.05, 3.63) is 58.3 Å². The number of allylic oxidation sites excluding steroid dienone is 1. The zero-order chi connectivity index (χ0) is 23.0. The molecule has 0 radical (unpaired) electrons. The summed E-state index contributed by atoms with van der Waals surface area (Å²) in [5.41, 5.74) is -0.995. The number of hydrogen-bond donors (Lipinski definition) is 5. The van der Waals surface area contributed by atoms with E-state index in [-0.39, 0.29) is 47.0 Å². The van der Waals surface area contributed by atoms with Gasteiger partial charge in [0.25, 0.3) is 0 Å². The number of carbonyl (C=O) groups is 1. The molecule has 0 saturated heterocycles. The van der Waals surface area contributed by atoms with Crippen LogP contribution in [0.4, 0.5) is 29.3 Å². The van der Waals surface area contributed by atoms with Crippen LogP contribution in [-0.2, 0) is 17.5 Å². The number of hydrogen-bond acceptors (Lipinski definition) is 7. The third-order valence-electron chi connectivity index (χ3n) is 3.77. The zero-order valence-corrected chi connectivity index (χ0v) is 16.8. The lowest BCUT2D eigenvalue weighted by Crippen LogP contribution is -2.29.